The van der Waals surface area contributed by atoms with Crippen LogP contribution in [0.4, 0.5) is 17.1 Å². The number of para-hydroxylation sites is 2. The van der Waals surface area contributed by atoms with Crippen molar-refractivity contribution in [3.8, 4) is 33.4 Å². The molecule has 12 rings (SSSR count). The van der Waals surface area contributed by atoms with Crippen molar-refractivity contribution in [2.24, 2.45) is 0 Å². The Kier molecular flexibility index (Phi) is 8.11. The molecule has 0 saturated heterocycles. The van der Waals surface area contributed by atoms with Crippen LogP contribution < -0.4 is 4.90 Å². The molecular formula is C59H39NO. The fourth-order valence-corrected chi connectivity index (χ4v) is 10.1. The van der Waals surface area contributed by atoms with Gasteiger partial charge >= 0.3 is 0 Å². The Morgan fingerprint density at radius 1 is 0.344 bits per heavy atom. The highest BCUT2D eigenvalue weighted by molar-refractivity contribution is 6.07. The van der Waals surface area contributed by atoms with Crippen molar-refractivity contribution in [3.63, 3.8) is 0 Å². The lowest BCUT2D eigenvalue weighted by Gasteiger charge is -2.34. The van der Waals surface area contributed by atoms with Gasteiger partial charge in [0.15, 0.2) is 0 Å². The Morgan fingerprint density at radius 3 is 1.70 bits per heavy atom. The molecule has 11 aromatic rings. The van der Waals surface area contributed by atoms with Gasteiger partial charge < -0.3 is 9.32 Å². The summed E-state index contributed by atoms with van der Waals surface area (Å²) in [7, 11) is 0. The molecule has 1 heterocycles. The Bertz CT molecular complexity index is 3370. The van der Waals surface area contributed by atoms with E-state index >= 15 is 0 Å². The Morgan fingerprint density at radius 2 is 0.902 bits per heavy atom. The summed E-state index contributed by atoms with van der Waals surface area (Å²) in [6.07, 6.45) is 0. The monoisotopic (exact) mass is 777 g/mol. The average Bonchev–Trinajstić information content (AvgIpc) is 3.86. The third-order valence-electron chi connectivity index (χ3n) is 12.8. The minimum atomic E-state index is -0.527. The van der Waals surface area contributed by atoms with Crippen molar-refractivity contribution < 1.29 is 4.42 Å². The molecule has 0 aliphatic heterocycles. The van der Waals surface area contributed by atoms with Gasteiger partial charge in [-0.3, -0.25) is 0 Å². The lowest BCUT2D eigenvalue weighted by Crippen LogP contribution is -2.28. The molecule has 1 aliphatic rings. The fourth-order valence-electron chi connectivity index (χ4n) is 10.1. The molecule has 0 saturated carbocycles. The van der Waals surface area contributed by atoms with E-state index in [1.807, 2.05) is 12.1 Å². The fraction of sp³-hybridized carbons (Fsp3) is 0.0169. The third kappa shape index (κ3) is 5.43. The van der Waals surface area contributed by atoms with Crippen molar-refractivity contribution in [2.75, 3.05) is 4.90 Å². The van der Waals surface area contributed by atoms with E-state index in [1.165, 1.54) is 55.3 Å². The number of furan rings is 1. The number of fused-ring (bicyclic) bond motifs is 7. The molecule has 0 radical (unpaired) electrons. The van der Waals surface area contributed by atoms with E-state index < -0.39 is 5.41 Å². The predicted octanol–water partition coefficient (Wildman–Crippen LogP) is 15.9. The van der Waals surface area contributed by atoms with E-state index in [-0.39, 0.29) is 0 Å². The van der Waals surface area contributed by atoms with Gasteiger partial charge in [-0.1, -0.05) is 194 Å². The summed E-state index contributed by atoms with van der Waals surface area (Å²) >= 11 is 0. The van der Waals surface area contributed by atoms with Gasteiger partial charge in [0, 0.05) is 27.6 Å². The summed E-state index contributed by atoms with van der Waals surface area (Å²) in [5.74, 6) is 0. The lowest BCUT2D eigenvalue weighted by molar-refractivity contribution is 0.669. The molecule has 61 heavy (non-hydrogen) atoms. The molecule has 1 aliphatic carbocycles. The number of rotatable bonds is 7. The van der Waals surface area contributed by atoms with Crippen molar-refractivity contribution in [1.29, 1.82) is 0 Å². The molecule has 286 valence electrons. The number of hydrogen-bond donors (Lipinski definition) is 0. The van der Waals surface area contributed by atoms with E-state index in [2.05, 4.69) is 229 Å². The maximum absolute atomic E-state index is 6.30. The van der Waals surface area contributed by atoms with Crippen molar-refractivity contribution in [3.05, 3.63) is 259 Å². The van der Waals surface area contributed by atoms with Crippen LogP contribution in [0.5, 0.6) is 0 Å². The molecular weight excluding hydrogens is 739 g/mol. The van der Waals surface area contributed by atoms with Gasteiger partial charge in [-0.05, 0) is 97.7 Å². The van der Waals surface area contributed by atoms with Crippen LogP contribution in [0.25, 0.3) is 66.1 Å². The predicted molar refractivity (Wildman–Crippen MR) is 254 cm³/mol. The van der Waals surface area contributed by atoms with Gasteiger partial charge in [-0.2, -0.15) is 0 Å². The molecule has 0 spiro atoms. The molecule has 10 aromatic carbocycles. The minimum absolute atomic E-state index is 0.527. The first-order chi connectivity index (χ1) is 30.3. The third-order valence-corrected chi connectivity index (χ3v) is 12.8. The summed E-state index contributed by atoms with van der Waals surface area (Å²) < 4.78 is 6.30. The van der Waals surface area contributed by atoms with Crippen molar-refractivity contribution in [2.45, 2.75) is 5.41 Å². The second-order valence-corrected chi connectivity index (χ2v) is 16.0. The largest absolute Gasteiger partial charge is 0.456 e. The Balaban J connectivity index is 1.13. The molecule has 0 N–H and O–H groups in total. The van der Waals surface area contributed by atoms with Crippen LogP contribution in [0.2, 0.25) is 0 Å². The summed E-state index contributed by atoms with van der Waals surface area (Å²) in [6.45, 7) is 0. The van der Waals surface area contributed by atoms with Crippen LogP contribution in [0, 0.1) is 0 Å². The summed E-state index contributed by atoms with van der Waals surface area (Å²) in [6, 6.07) is 86.2. The van der Waals surface area contributed by atoms with Crippen molar-refractivity contribution >= 4 is 49.8 Å². The van der Waals surface area contributed by atoms with Crippen LogP contribution in [0.3, 0.4) is 0 Å². The molecule has 0 fully saturated rings. The molecule has 1 aromatic heterocycles. The Hall–Kier alpha value is -7.94. The molecule has 0 atom stereocenters. The van der Waals surface area contributed by atoms with Gasteiger partial charge in [0.05, 0.1) is 16.8 Å². The first-order valence-corrected chi connectivity index (χ1v) is 21.0. The topological polar surface area (TPSA) is 16.4 Å². The quantitative estimate of drug-likeness (QED) is 0.160. The maximum atomic E-state index is 6.30. The highest BCUT2D eigenvalue weighted by Crippen LogP contribution is 2.60. The zero-order valence-electron chi connectivity index (χ0n) is 33.4. The SMILES string of the molecule is c1ccc(C2(c3ccccc3)c3ccccc3-c3c(N(c4ccc(-c5cccc6ccccc56)cc4)c4ccccc4-c4ccc5oc6ccccc6c5c4)cccc32)cc1. The highest BCUT2D eigenvalue weighted by Gasteiger charge is 2.47. The minimum Gasteiger partial charge on any atom is -0.456 e. The van der Waals surface area contributed by atoms with Crippen LogP contribution in [-0.4, -0.2) is 0 Å². The summed E-state index contributed by atoms with van der Waals surface area (Å²) in [4.78, 5) is 2.49. The van der Waals surface area contributed by atoms with Crippen LogP contribution in [0.1, 0.15) is 22.3 Å². The number of hydrogen-bond acceptors (Lipinski definition) is 2. The van der Waals surface area contributed by atoms with E-state index in [0.29, 0.717) is 0 Å². The molecule has 2 nitrogen and oxygen atoms in total. The standard InChI is InChI=1S/C59H39NO/c1-3-19-43(20-4-1)59(44-21-5-2-6-22-44)52-28-12-9-26-50(52)58-53(59)29-16-31-55(58)60(45-36-33-41(34-37-45)47-27-15-18-40-17-7-8-23-46(40)47)54-30-13-10-24-48(54)42-35-38-57-51(39-42)49-25-11-14-32-56(49)61-57/h1-39H. The van der Waals surface area contributed by atoms with Gasteiger partial charge in [-0.15, -0.1) is 0 Å². The normalized spacial score (nSPS) is 12.7. The first kappa shape index (κ1) is 35.0. The summed E-state index contributed by atoms with van der Waals surface area (Å²) in [5, 5.41) is 4.71. The second-order valence-electron chi connectivity index (χ2n) is 16.0. The zero-order valence-corrected chi connectivity index (χ0v) is 33.4. The number of benzene rings is 10. The van der Waals surface area contributed by atoms with E-state index in [0.717, 1.165) is 50.1 Å². The van der Waals surface area contributed by atoms with Gasteiger partial charge in [0.2, 0.25) is 0 Å². The van der Waals surface area contributed by atoms with Gasteiger partial charge in [-0.25, -0.2) is 0 Å². The average molecular weight is 778 g/mol. The first-order valence-electron chi connectivity index (χ1n) is 21.0. The molecule has 0 unspecified atom stereocenters. The number of nitrogens with zero attached hydrogens (tertiary/aromatic N) is 1. The summed E-state index contributed by atoms with van der Waals surface area (Å²) in [5.41, 5.74) is 16.7. The van der Waals surface area contributed by atoms with E-state index in [1.54, 1.807) is 0 Å². The smallest absolute Gasteiger partial charge is 0.135 e. The lowest BCUT2D eigenvalue weighted by atomic mass is 9.68. The van der Waals surface area contributed by atoms with Crippen LogP contribution in [0.15, 0.2) is 241 Å². The van der Waals surface area contributed by atoms with Crippen LogP contribution in [-0.2, 0) is 5.41 Å². The van der Waals surface area contributed by atoms with Gasteiger partial charge in [0.1, 0.15) is 11.2 Å². The number of anilines is 3. The van der Waals surface area contributed by atoms with Crippen LogP contribution >= 0.6 is 0 Å². The molecule has 0 amide bonds. The zero-order chi connectivity index (χ0) is 40.3. The van der Waals surface area contributed by atoms with Gasteiger partial charge in [0.25, 0.3) is 0 Å². The second kappa shape index (κ2) is 14.1. The Labute approximate surface area is 355 Å². The van der Waals surface area contributed by atoms with E-state index in [9.17, 15) is 0 Å². The van der Waals surface area contributed by atoms with Crippen molar-refractivity contribution in [1.82, 2.24) is 0 Å². The molecule has 2 heteroatoms. The van der Waals surface area contributed by atoms with E-state index in [4.69, 9.17) is 4.42 Å². The maximum Gasteiger partial charge on any atom is 0.135 e. The highest BCUT2D eigenvalue weighted by atomic mass is 16.3. The molecule has 0 bridgehead atoms.